The van der Waals surface area contributed by atoms with Crippen LogP contribution in [0.2, 0.25) is 0 Å². The monoisotopic (exact) mass is 408 g/mol. The first kappa shape index (κ1) is 22.6. The first-order valence-corrected chi connectivity index (χ1v) is 9.69. The highest BCUT2D eigenvalue weighted by Crippen LogP contribution is 2.29. The molecule has 0 saturated heterocycles. The van der Waals surface area contributed by atoms with Gasteiger partial charge in [0.15, 0.2) is 12.3 Å². The Morgan fingerprint density at radius 3 is 2.35 bits per heavy atom. The zero-order valence-electron chi connectivity index (χ0n) is 13.4. The van der Waals surface area contributed by atoms with E-state index in [2.05, 4.69) is 4.98 Å². The maximum absolute atomic E-state index is 11.7. The van der Waals surface area contributed by atoms with Gasteiger partial charge in [-0.2, -0.15) is 0 Å². The number of carboxylic acid groups (broad SMARTS) is 1. The minimum absolute atomic E-state index is 0.00925. The largest absolute Gasteiger partial charge is 0.479 e. The average molecular weight is 408 g/mol. The van der Waals surface area contributed by atoms with Crippen molar-refractivity contribution in [3.63, 3.8) is 0 Å². The van der Waals surface area contributed by atoms with E-state index in [0.717, 1.165) is 5.03 Å². The predicted molar refractivity (Wildman–Crippen MR) is 93.0 cm³/mol. The number of aliphatic hydroxyl groups excluding tert-OH is 5. The van der Waals surface area contributed by atoms with E-state index < -0.39 is 42.5 Å². The number of hydrogen-bond acceptors (Lipinski definition) is 10. The van der Waals surface area contributed by atoms with Crippen LogP contribution in [0.25, 0.3) is 0 Å². The summed E-state index contributed by atoms with van der Waals surface area (Å²) < 4.78 is 0. The SMILES string of the molecule is O=C(CCSSc1ccccn1)NC(O)C(O)C(O)C(O)C(O)C(=O)O. The molecule has 1 rings (SSSR count). The van der Waals surface area contributed by atoms with E-state index in [4.69, 9.17) is 10.2 Å². The first-order chi connectivity index (χ1) is 12.2. The second-order valence-corrected chi connectivity index (χ2v) is 7.53. The lowest BCUT2D eigenvalue weighted by Gasteiger charge is -2.28. The number of nitrogens with zero attached hydrogens (tertiary/aromatic N) is 1. The van der Waals surface area contributed by atoms with Crippen molar-refractivity contribution < 1.29 is 40.2 Å². The van der Waals surface area contributed by atoms with E-state index in [1.165, 1.54) is 21.6 Å². The van der Waals surface area contributed by atoms with E-state index in [1.807, 2.05) is 11.4 Å². The molecule has 0 aliphatic carbocycles. The van der Waals surface area contributed by atoms with Crippen molar-refractivity contribution in [2.75, 3.05) is 5.75 Å². The van der Waals surface area contributed by atoms with Gasteiger partial charge in [0.1, 0.15) is 23.3 Å². The van der Waals surface area contributed by atoms with Crippen molar-refractivity contribution in [3.8, 4) is 0 Å². The molecule has 5 atom stereocenters. The third-order valence-corrected chi connectivity index (χ3v) is 5.37. The van der Waals surface area contributed by atoms with Gasteiger partial charge >= 0.3 is 5.97 Å². The van der Waals surface area contributed by atoms with Crippen LogP contribution in [0.1, 0.15) is 6.42 Å². The summed E-state index contributed by atoms with van der Waals surface area (Å²) in [6.07, 6.45) is -9.23. The Balaban J connectivity index is 2.34. The third kappa shape index (κ3) is 7.45. The van der Waals surface area contributed by atoms with Crippen LogP contribution in [0, 0.1) is 0 Å². The standard InChI is InChI=1S/C14H20N2O8S2/c17-7(4-6-25-26-8-3-1-2-5-15-8)16-13(22)11(20)9(18)10(19)12(21)14(23)24/h1-3,5,9-13,18-22H,4,6H2,(H,16,17)(H,23,24). The molecule has 0 bridgehead atoms. The van der Waals surface area contributed by atoms with Gasteiger partial charge in [-0.1, -0.05) is 16.9 Å². The van der Waals surface area contributed by atoms with Crippen molar-refractivity contribution >= 4 is 33.5 Å². The van der Waals surface area contributed by atoms with Gasteiger partial charge < -0.3 is 36.0 Å². The number of pyridine rings is 1. The van der Waals surface area contributed by atoms with Crippen LogP contribution in [0.15, 0.2) is 29.4 Å². The molecule has 146 valence electrons. The van der Waals surface area contributed by atoms with Gasteiger partial charge in [-0.05, 0) is 22.9 Å². The molecule has 1 aromatic heterocycles. The topological polar surface area (TPSA) is 180 Å². The molecule has 1 aromatic rings. The maximum Gasteiger partial charge on any atom is 0.335 e. The summed E-state index contributed by atoms with van der Waals surface area (Å²) in [5, 5.41) is 58.7. The molecule has 0 aromatic carbocycles. The highest BCUT2D eigenvalue weighted by Gasteiger charge is 2.37. The van der Waals surface area contributed by atoms with Crippen LogP contribution in [0.4, 0.5) is 0 Å². The van der Waals surface area contributed by atoms with Gasteiger partial charge in [0.2, 0.25) is 5.91 Å². The highest BCUT2D eigenvalue weighted by molar-refractivity contribution is 8.76. The van der Waals surface area contributed by atoms with Crippen molar-refractivity contribution in [1.82, 2.24) is 10.3 Å². The number of nitrogens with one attached hydrogen (secondary N) is 1. The molecule has 7 N–H and O–H groups in total. The first-order valence-electron chi connectivity index (χ1n) is 7.37. The van der Waals surface area contributed by atoms with Crippen LogP contribution >= 0.6 is 21.6 Å². The molecule has 5 unspecified atom stereocenters. The average Bonchev–Trinajstić information content (AvgIpc) is 2.63. The van der Waals surface area contributed by atoms with Gasteiger partial charge in [0.25, 0.3) is 0 Å². The van der Waals surface area contributed by atoms with E-state index >= 15 is 0 Å². The molecule has 0 aliphatic rings. The van der Waals surface area contributed by atoms with Crippen molar-refractivity contribution in [2.24, 2.45) is 0 Å². The van der Waals surface area contributed by atoms with Crippen LogP contribution in [0.5, 0.6) is 0 Å². The fourth-order valence-corrected chi connectivity index (χ4v) is 3.55. The Morgan fingerprint density at radius 1 is 1.08 bits per heavy atom. The van der Waals surface area contributed by atoms with Crippen LogP contribution in [-0.2, 0) is 9.59 Å². The molecule has 0 saturated carbocycles. The van der Waals surface area contributed by atoms with Gasteiger partial charge in [0.05, 0.1) is 0 Å². The molecule has 0 radical (unpaired) electrons. The maximum atomic E-state index is 11.7. The van der Waals surface area contributed by atoms with E-state index in [9.17, 15) is 30.0 Å². The summed E-state index contributed by atoms with van der Waals surface area (Å²) in [5.41, 5.74) is 0. The van der Waals surface area contributed by atoms with Gasteiger partial charge in [-0.15, -0.1) is 0 Å². The fraction of sp³-hybridized carbons (Fsp3) is 0.500. The smallest absolute Gasteiger partial charge is 0.335 e. The van der Waals surface area contributed by atoms with Gasteiger partial charge in [-0.3, -0.25) is 4.79 Å². The Kier molecular flexibility index (Phi) is 9.87. The van der Waals surface area contributed by atoms with Gasteiger partial charge in [0, 0.05) is 18.4 Å². The van der Waals surface area contributed by atoms with Crippen molar-refractivity contribution in [1.29, 1.82) is 0 Å². The quantitative estimate of drug-likeness (QED) is 0.124. The lowest BCUT2D eigenvalue weighted by Crippen LogP contribution is -2.55. The molecule has 10 nitrogen and oxygen atoms in total. The van der Waals surface area contributed by atoms with E-state index in [0.29, 0.717) is 5.75 Å². The Labute approximate surface area is 156 Å². The second-order valence-electron chi connectivity index (χ2n) is 5.09. The van der Waals surface area contributed by atoms with Crippen LogP contribution in [0.3, 0.4) is 0 Å². The third-order valence-electron chi connectivity index (χ3n) is 3.10. The minimum atomic E-state index is -2.36. The van der Waals surface area contributed by atoms with E-state index in [1.54, 1.807) is 18.3 Å². The zero-order valence-corrected chi connectivity index (χ0v) is 15.0. The summed E-state index contributed by atoms with van der Waals surface area (Å²) in [6, 6.07) is 5.40. The Bertz CT molecular complexity index is 579. The van der Waals surface area contributed by atoms with Gasteiger partial charge in [-0.25, -0.2) is 9.78 Å². The Morgan fingerprint density at radius 2 is 1.77 bits per heavy atom. The number of carbonyl (C=O) groups excluding carboxylic acids is 1. The molecule has 12 heteroatoms. The molecular formula is C14H20N2O8S2. The lowest BCUT2D eigenvalue weighted by atomic mass is 10.0. The molecule has 0 spiro atoms. The fourth-order valence-electron chi connectivity index (χ4n) is 1.68. The molecule has 0 aliphatic heterocycles. The zero-order chi connectivity index (χ0) is 19.7. The summed E-state index contributed by atoms with van der Waals surface area (Å²) in [7, 11) is 2.71. The lowest BCUT2D eigenvalue weighted by molar-refractivity contribution is -0.170. The summed E-state index contributed by atoms with van der Waals surface area (Å²) >= 11 is 0. The molecule has 26 heavy (non-hydrogen) atoms. The predicted octanol–water partition coefficient (Wildman–Crippen LogP) is -1.83. The summed E-state index contributed by atoms with van der Waals surface area (Å²) in [6.45, 7) is 0. The Hall–Kier alpha value is -1.41. The number of aliphatic hydroxyl groups is 5. The summed E-state index contributed by atoms with van der Waals surface area (Å²) in [5.74, 6) is -2.07. The van der Waals surface area contributed by atoms with E-state index in [-0.39, 0.29) is 6.42 Å². The van der Waals surface area contributed by atoms with Crippen LogP contribution in [-0.4, -0.2) is 83.9 Å². The molecule has 1 amide bonds. The number of carboxylic acids is 1. The van der Waals surface area contributed by atoms with Crippen molar-refractivity contribution in [2.45, 2.75) is 42.1 Å². The number of amides is 1. The molecular weight excluding hydrogens is 388 g/mol. The number of hydrogen-bond donors (Lipinski definition) is 7. The second kappa shape index (κ2) is 11.3. The number of carbonyl (C=O) groups is 2. The normalized spacial score (nSPS) is 17.0. The number of aliphatic carboxylic acids is 1. The van der Waals surface area contributed by atoms with Crippen molar-refractivity contribution in [3.05, 3.63) is 24.4 Å². The highest BCUT2D eigenvalue weighted by atomic mass is 33.1. The molecule has 0 fully saturated rings. The summed E-state index contributed by atoms with van der Waals surface area (Å²) in [4.78, 5) is 26.3. The number of rotatable bonds is 11. The van der Waals surface area contributed by atoms with Crippen LogP contribution < -0.4 is 5.32 Å². The molecule has 1 heterocycles. The number of aromatic nitrogens is 1. The minimum Gasteiger partial charge on any atom is -0.479 e.